The van der Waals surface area contributed by atoms with Crippen LogP contribution in [0.5, 0.6) is 0 Å². The molecule has 0 atom stereocenters. The van der Waals surface area contributed by atoms with Crippen LogP contribution >= 0.6 is 23.2 Å². The molecule has 3 aromatic rings. The first kappa shape index (κ1) is 19.4. The summed E-state index contributed by atoms with van der Waals surface area (Å²) in [5, 5.41) is 9.39. The van der Waals surface area contributed by atoms with Gasteiger partial charge in [-0.2, -0.15) is 13.2 Å². The van der Waals surface area contributed by atoms with Gasteiger partial charge in [-0.1, -0.05) is 23.2 Å². The summed E-state index contributed by atoms with van der Waals surface area (Å²) in [5.74, 6) is -0.860. The molecule has 0 radical (unpaired) electrons. The van der Waals surface area contributed by atoms with Gasteiger partial charge in [0.15, 0.2) is 5.65 Å². The monoisotopic (exact) mass is 417 g/mol. The number of aryl methyl sites for hydroxylation is 2. The van der Waals surface area contributed by atoms with Gasteiger partial charge in [-0.25, -0.2) is 14.8 Å². The number of nitrogens with zero attached hydrogens (tertiary/aromatic N) is 3. The summed E-state index contributed by atoms with van der Waals surface area (Å²) >= 11 is 12.3. The Labute approximate surface area is 161 Å². The summed E-state index contributed by atoms with van der Waals surface area (Å²) in [6.07, 6.45) is -4.54. The van der Waals surface area contributed by atoms with E-state index >= 15 is 0 Å². The number of imidazole rings is 1. The maximum Gasteiger partial charge on any atom is 0.433 e. The SMILES string of the molecule is Cc1cc(C(F)(F)F)nc2c1nc(Cc1c(Cl)ccc(C(=O)O)c1Cl)n2C. The molecule has 0 aliphatic rings. The fourth-order valence-electron chi connectivity index (χ4n) is 2.73. The van der Waals surface area contributed by atoms with E-state index in [1.54, 1.807) is 0 Å². The molecule has 1 aromatic carbocycles. The van der Waals surface area contributed by atoms with Crippen molar-refractivity contribution < 1.29 is 23.1 Å². The van der Waals surface area contributed by atoms with E-state index in [2.05, 4.69) is 9.97 Å². The summed E-state index contributed by atoms with van der Waals surface area (Å²) in [4.78, 5) is 19.3. The molecule has 0 amide bonds. The number of carboxylic acid groups (broad SMARTS) is 1. The standard InChI is InChI=1S/C17H12Cl2F3N3O2/c1-7-5-11(17(20,21)22)23-15-14(7)24-12(25(15)2)6-9-10(18)4-3-8(13(9)19)16(26)27/h3-5H,6H2,1-2H3,(H,26,27). The molecule has 0 unspecified atom stereocenters. The molecule has 27 heavy (non-hydrogen) atoms. The minimum absolute atomic E-state index is 0.0342. The summed E-state index contributed by atoms with van der Waals surface area (Å²) in [6, 6.07) is 3.62. The third-order valence-corrected chi connectivity index (χ3v) is 4.94. The largest absolute Gasteiger partial charge is 0.478 e. The second-order valence-electron chi connectivity index (χ2n) is 5.95. The highest BCUT2D eigenvalue weighted by atomic mass is 35.5. The van der Waals surface area contributed by atoms with Gasteiger partial charge < -0.3 is 9.67 Å². The van der Waals surface area contributed by atoms with Gasteiger partial charge in [0.05, 0.1) is 10.6 Å². The van der Waals surface area contributed by atoms with Crippen LogP contribution in [0.2, 0.25) is 10.0 Å². The smallest absolute Gasteiger partial charge is 0.433 e. The van der Waals surface area contributed by atoms with Gasteiger partial charge in [-0.3, -0.25) is 0 Å². The lowest BCUT2D eigenvalue weighted by Gasteiger charge is -2.10. The number of carbonyl (C=O) groups is 1. The maximum atomic E-state index is 13.0. The van der Waals surface area contributed by atoms with E-state index in [4.69, 9.17) is 23.2 Å². The lowest BCUT2D eigenvalue weighted by Crippen LogP contribution is -2.09. The highest BCUT2D eigenvalue weighted by Crippen LogP contribution is 2.33. The first-order valence-corrected chi connectivity index (χ1v) is 8.36. The highest BCUT2D eigenvalue weighted by Gasteiger charge is 2.34. The second kappa shape index (κ2) is 6.69. The number of aromatic carboxylic acids is 1. The summed E-state index contributed by atoms with van der Waals surface area (Å²) in [7, 11) is 1.53. The average molecular weight is 418 g/mol. The Balaban J connectivity index is 2.15. The Kier molecular flexibility index (Phi) is 4.81. The molecule has 2 aromatic heterocycles. The van der Waals surface area contributed by atoms with Crippen molar-refractivity contribution in [3.8, 4) is 0 Å². The Morgan fingerprint density at radius 1 is 1.26 bits per heavy atom. The molecule has 1 N–H and O–H groups in total. The van der Waals surface area contributed by atoms with E-state index < -0.39 is 17.8 Å². The maximum absolute atomic E-state index is 13.0. The summed E-state index contributed by atoms with van der Waals surface area (Å²) < 4.78 is 40.5. The van der Waals surface area contributed by atoms with E-state index in [-0.39, 0.29) is 27.7 Å². The normalized spacial score (nSPS) is 12.0. The Hall–Kier alpha value is -2.32. The van der Waals surface area contributed by atoms with E-state index in [1.807, 2.05) is 0 Å². The number of pyridine rings is 1. The molecular weight excluding hydrogens is 406 g/mol. The van der Waals surface area contributed by atoms with Crippen LogP contribution in [-0.4, -0.2) is 25.6 Å². The number of aromatic nitrogens is 3. The van der Waals surface area contributed by atoms with E-state index in [9.17, 15) is 23.1 Å². The number of hydrogen-bond acceptors (Lipinski definition) is 3. The number of rotatable bonds is 3. The van der Waals surface area contributed by atoms with Crippen LogP contribution in [0, 0.1) is 6.92 Å². The lowest BCUT2D eigenvalue weighted by atomic mass is 10.1. The first-order chi connectivity index (χ1) is 12.5. The van der Waals surface area contributed by atoms with Crippen molar-refractivity contribution in [2.24, 2.45) is 7.05 Å². The van der Waals surface area contributed by atoms with Crippen LogP contribution in [0.3, 0.4) is 0 Å². The van der Waals surface area contributed by atoms with Crippen molar-refractivity contribution in [3.05, 3.63) is 56.5 Å². The van der Waals surface area contributed by atoms with Gasteiger partial charge in [0, 0.05) is 18.5 Å². The Bertz CT molecular complexity index is 1080. The number of benzene rings is 1. The average Bonchev–Trinajstić information content (AvgIpc) is 2.87. The van der Waals surface area contributed by atoms with Crippen molar-refractivity contribution in [3.63, 3.8) is 0 Å². The molecule has 0 aliphatic heterocycles. The van der Waals surface area contributed by atoms with Crippen molar-refractivity contribution in [2.75, 3.05) is 0 Å². The third-order valence-electron chi connectivity index (χ3n) is 4.15. The van der Waals surface area contributed by atoms with Crippen LogP contribution in [0.4, 0.5) is 13.2 Å². The first-order valence-electron chi connectivity index (χ1n) is 7.61. The van der Waals surface area contributed by atoms with Crippen LogP contribution in [0.1, 0.15) is 33.0 Å². The van der Waals surface area contributed by atoms with Gasteiger partial charge in [0.2, 0.25) is 0 Å². The van der Waals surface area contributed by atoms with Gasteiger partial charge in [0.25, 0.3) is 0 Å². The fourth-order valence-corrected chi connectivity index (χ4v) is 3.32. The van der Waals surface area contributed by atoms with Crippen molar-refractivity contribution >= 4 is 40.3 Å². The molecular formula is C17H12Cl2F3N3O2. The molecule has 0 fully saturated rings. The minimum atomic E-state index is -4.58. The zero-order valence-corrected chi connectivity index (χ0v) is 15.5. The molecule has 3 rings (SSSR count). The van der Waals surface area contributed by atoms with Crippen molar-refractivity contribution in [2.45, 2.75) is 19.5 Å². The number of fused-ring (bicyclic) bond motifs is 1. The molecule has 5 nitrogen and oxygen atoms in total. The van der Waals surface area contributed by atoms with Crippen LogP contribution in [-0.2, 0) is 19.6 Å². The third kappa shape index (κ3) is 3.46. The number of hydrogen-bond donors (Lipinski definition) is 1. The van der Waals surface area contributed by atoms with Crippen LogP contribution in [0.15, 0.2) is 18.2 Å². The number of carboxylic acids is 1. The zero-order chi connectivity index (χ0) is 20.1. The number of halogens is 5. The highest BCUT2D eigenvalue weighted by molar-refractivity contribution is 6.37. The topological polar surface area (TPSA) is 68.0 Å². The lowest BCUT2D eigenvalue weighted by molar-refractivity contribution is -0.141. The van der Waals surface area contributed by atoms with Gasteiger partial charge in [-0.05, 0) is 36.2 Å². The second-order valence-corrected chi connectivity index (χ2v) is 6.74. The van der Waals surface area contributed by atoms with Crippen LogP contribution in [0.25, 0.3) is 11.2 Å². The summed E-state index contributed by atoms with van der Waals surface area (Å²) in [6.45, 7) is 1.51. The van der Waals surface area contributed by atoms with E-state index in [0.29, 0.717) is 22.5 Å². The molecule has 142 valence electrons. The molecule has 10 heteroatoms. The molecule has 2 heterocycles. The van der Waals surface area contributed by atoms with E-state index in [1.165, 1.54) is 30.7 Å². The Morgan fingerprint density at radius 2 is 1.93 bits per heavy atom. The van der Waals surface area contributed by atoms with Crippen molar-refractivity contribution in [1.82, 2.24) is 14.5 Å². The minimum Gasteiger partial charge on any atom is -0.478 e. The summed E-state index contributed by atoms with van der Waals surface area (Å²) in [5.41, 5.74) is -0.0911. The molecule has 0 aliphatic carbocycles. The van der Waals surface area contributed by atoms with Crippen molar-refractivity contribution in [1.29, 1.82) is 0 Å². The molecule has 0 saturated carbocycles. The van der Waals surface area contributed by atoms with Gasteiger partial charge in [0.1, 0.15) is 17.0 Å². The van der Waals surface area contributed by atoms with Crippen LogP contribution < -0.4 is 0 Å². The van der Waals surface area contributed by atoms with E-state index in [0.717, 1.165) is 6.07 Å². The molecule has 0 saturated heterocycles. The predicted molar refractivity (Wildman–Crippen MR) is 94.5 cm³/mol. The quantitative estimate of drug-likeness (QED) is 0.658. The molecule has 0 bridgehead atoms. The fraction of sp³-hybridized carbons (Fsp3) is 0.235. The number of alkyl halides is 3. The predicted octanol–water partition coefficient (Wildman–Crippen LogP) is 4.89. The van der Waals surface area contributed by atoms with Gasteiger partial charge >= 0.3 is 12.1 Å². The zero-order valence-electron chi connectivity index (χ0n) is 14.0. The molecule has 0 spiro atoms. The Morgan fingerprint density at radius 3 is 2.52 bits per heavy atom. The van der Waals surface area contributed by atoms with Gasteiger partial charge in [-0.15, -0.1) is 0 Å².